The number of carbonyl (C=O) groups excluding carboxylic acids is 1. The van der Waals surface area contributed by atoms with Crippen LogP contribution in [0.2, 0.25) is 0 Å². The highest BCUT2D eigenvalue weighted by molar-refractivity contribution is 7.92. The van der Waals surface area contributed by atoms with E-state index >= 15 is 0 Å². The molecular formula is C25H21N3O3S2. The zero-order valence-corrected chi connectivity index (χ0v) is 19.5. The van der Waals surface area contributed by atoms with Crippen molar-refractivity contribution in [3.05, 3.63) is 89.2 Å². The van der Waals surface area contributed by atoms with E-state index in [0.717, 1.165) is 10.2 Å². The van der Waals surface area contributed by atoms with Crippen molar-refractivity contribution in [2.45, 2.75) is 18.4 Å². The van der Waals surface area contributed by atoms with Crippen molar-refractivity contribution < 1.29 is 13.2 Å². The number of terminal acetylenes is 1. The number of sulfonamides is 1. The Morgan fingerprint density at radius 1 is 1.03 bits per heavy atom. The van der Waals surface area contributed by atoms with E-state index in [1.165, 1.54) is 39.9 Å². The van der Waals surface area contributed by atoms with Gasteiger partial charge in [-0.1, -0.05) is 47.6 Å². The van der Waals surface area contributed by atoms with Gasteiger partial charge in [0.15, 0.2) is 4.80 Å². The van der Waals surface area contributed by atoms with Gasteiger partial charge in [-0.15, -0.1) is 6.42 Å². The van der Waals surface area contributed by atoms with Crippen LogP contribution in [0.25, 0.3) is 10.2 Å². The summed E-state index contributed by atoms with van der Waals surface area (Å²) < 4.78 is 30.4. The number of benzene rings is 3. The second-order valence-corrected chi connectivity index (χ2v) is 9.96. The number of rotatable bonds is 6. The number of para-hydroxylation sites is 2. The first-order chi connectivity index (χ1) is 16.0. The van der Waals surface area contributed by atoms with E-state index in [4.69, 9.17) is 6.42 Å². The molecule has 1 aromatic heterocycles. The number of amides is 1. The summed E-state index contributed by atoms with van der Waals surface area (Å²) >= 11 is 1.38. The highest BCUT2D eigenvalue weighted by atomic mass is 32.2. The molecule has 1 amide bonds. The van der Waals surface area contributed by atoms with Gasteiger partial charge < -0.3 is 4.57 Å². The number of fused-ring (bicyclic) bond motifs is 1. The maximum atomic E-state index is 13.1. The van der Waals surface area contributed by atoms with E-state index in [1.807, 2.05) is 34.9 Å². The molecule has 0 N–H and O–H groups in total. The second kappa shape index (κ2) is 9.45. The SMILES string of the molecule is C#CCn1c(=NC(=O)c2ccc(S(=O)(=O)N(CC)c3ccccc3)cc2)sc2ccccc21. The van der Waals surface area contributed by atoms with Crippen molar-refractivity contribution in [1.82, 2.24) is 4.57 Å². The fraction of sp³-hybridized carbons (Fsp3) is 0.120. The van der Waals surface area contributed by atoms with E-state index in [-0.39, 0.29) is 11.4 Å². The van der Waals surface area contributed by atoms with E-state index in [1.54, 1.807) is 31.2 Å². The van der Waals surface area contributed by atoms with Gasteiger partial charge >= 0.3 is 0 Å². The second-order valence-electron chi connectivity index (χ2n) is 7.09. The maximum Gasteiger partial charge on any atom is 0.279 e. The van der Waals surface area contributed by atoms with Crippen LogP contribution in [0.3, 0.4) is 0 Å². The minimum Gasteiger partial charge on any atom is -0.305 e. The molecule has 4 aromatic rings. The van der Waals surface area contributed by atoms with Gasteiger partial charge in [0.2, 0.25) is 0 Å². The molecule has 0 radical (unpaired) electrons. The summed E-state index contributed by atoms with van der Waals surface area (Å²) in [6.07, 6.45) is 5.50. The summed E-state index contributed by atoms with van der Waals surface area (Å²) in [5, 5.41) is 0. The molecule has 0 bridgehead atoms. The van der Waals surface area contributed by atoms with Crippen LogP contribution in [-0.2, 0) is 16.6 Å². The molecule has 0 saturated carbocycles. The Morgan fingerprint density at radius 2 is 1.70 bits per heavy atom. The first-order valence-electron chi connectivity index (χ1n) is 10.2. The van der Waals surface area contributed by atoms with Crippen LogP contribution in [0, 0.1) is 12.3 Å². The minimum absolute atomic E-state index is 0.106. The Morgan fingerprint density at radius 3 is 2.36 bits per heavy atom. The number of hydrogen-bond acceptors (Lipinski definition) is 4. The topological polar surface area (TPSA) is 71.7 Å². The molecule has 3 aromatic carbocycles. The molecule has 6 nitrogen and oxygen atoms in total. The summed E-state index contributed by atoms with van der Waals surface area (Å²) in [4.78, 5) is 17.7. The fourth-order valence-electron chi connectivity index (χ4n) is 3.48. The van der Waals surface area contributed by atoms with Gasteiger partial charge in [-0.05, 0) is 55.5 Å². The molecule has 33 heavy (non-hydrogen) atoms. The molecule has 0 aliphatic heterocycles. The summed E-state index contributed by atoms with van der Waals surface area (Å²) in [7, 11) is -3.77. The van der Waals surface area contributed by atoms with Crippen molar-refractivity contribution in [3.8, 4) is 12.3 Å². The Kier molecular flexibility index (Phi) is 6.45. The smallest absolute Gasteiger partial charge is 0.279 e. The molecule has 0 spiro atoms. The highest BCUT2D eigenvalue weighted by Crippen LogP contribution is 2.23. The van der Waals surface area contributed by atoms with Gasteiger partial charge in [0.25, 0.3) is 15.9 Å². The first kappa shape index (κ1) is 22.5. The molecule has 4 rings (SSSR count). The maximum absolute atomic E-state index is 13.1. The molecule has 1 heterocycles. The van der Waals surface area contributed by atoms with Gasteiger partial charge in [-0.2, -0.15) is 4.99 Å². The standard InChI is InChI=1S/C25H21N3O3S2/c1-3-18-27-22-12-8-9-13-23(22)32-25(27)26-24(29)19-14-16-21(17-15-19)33(30,31)28(4-2)20-10-6-5-7-11-20/h1,5-17H,4,18H2,2H3. The van der Waals surface area contributed by atoms with Crippen LogP contribution < -0.4 is 9.11 Å². The van der Waals surface area contributed by atoms with Crippen molar-refractivity contribution in [2.75, 3.05) is 10.8 Å². The number of hydrogen-bond donors (Lipinski definition) is 0. The van der Waals surface area contributed by atoms with Gasteiger partial charge in [0.05, 0.1) is 27.3 Å². The lowest BCUT2D eigenvalue weighted by molar-refractivity contribution is 0.0998. The molecule has 0 atom stereocenters. The van der Waals surface area contributed by atoms with Crippen molar-refractivity contribution in [3.63, 3.8) is 0 Å². The largest absolute Gasteiger partial charge is 0.305 e. The lowest BCUT2D eigenvalue weighted by Gasteiger charge is -2.22. The fourth-order valence-corrected chi connectivity index (χ4v) is 5.99. The highest BCUT2D eigenvalue weighted by Gasteiger charge is 2.23. The Hall–Kier alpha value is -3.67. The van der Waals surface area contributed by atoms with Crippen LogP contribution in [0.5, 0.6) is 0 Å². The van der Waals surface area contributed by atoms with Crippen molar-refractivity contribution in [2.24, 2.45) is 4.99 Å². The van der Waals surface area contributed by atoms with E-state index in [2.05, 4.69) is 10.9 Å². The van der Waals surface area contributed by atoms with Crippen molar-refractivity contribution >= 4 is 43.2 Å². The number of carbonyl (C=O) groups is 1. The molecule has 166 valence electrons. The molecule has 8 heteroatoms. The lowest BCUT2D eigenvalue weighted by atomic mass is 10.2. The number of thiazole rings is 1. The lowest BCUT2D eigenvalue weighted by Crippen LogP contribution is -2.30. The third-order valence-corrected chi connectivity index (χ3v) is 8.03. The number of anilines is 1. The molecule has 0 fully saturated rings. The molecule has 0 unspecified atom stereocenters. The van der Waals surface area contributed by atoms with E-state index < -0.39 is 15.9 Å². The Balaban J connectivity index is 1.67. The molecule has 0 aliphatic rings. The predicted molar refractivity (Wildman–Crippen MR) is 132 cm³/mol. The molecular weight excluding hydrogens is 454 g/mol. The Labute approximate surface area is 196 Å². The van der Waals surface area contributed by atoms with Crippen LogP contribution in [0.15, 0.2) is 88.8 Å². The molecule has 0 aliphatic carbocycles. The van der Waals surface area contributed by atoms with E-state index in [0.29, 0.717) is 22.6 Å². The average Bonchev–Trinajstić information content (AvgIpc) is 3.17. The Bertz CT molecular complexity index is 1510. The summed E-state index contributed by atoms with van der Waals surface area (Å²) in [6.45, 7) is 2.35. The van der Waals surface area contributed by atoms with Crippen LogP contribution >= 0.6 is 11.3 Å². The summed E-state index contributed by atoms with van der Waals surface area (Å²) in [6, 6.07) is 22.4. The monoisotopic (exact) mass is 475 g/mol. The zero-order chi connectivity index (χ0) is 23.4. The van der Waals surface area contributed by atoms with Gasteiger partial charge in [0.1, 0.15) is 0 Å². The normalized spacial score (nSPS) is 11.9. The average molecular weight is 476 g/mol. The number of aromatic nitrogens is 1. The van der Waals surface area contributed by atoms with Gasteiger partial charge in [-0.25, -0.2) is 8.42 Å². The third-order valence-electron chi connectivity index (χ3n) is 5.06. The quantitative estimate of drug-likeness (QED) is 0.391. The summed E-state index contributed by atoms with van der Waals surface area (Å²) in [5.74, 6) is 2.13. The third kappa shape index (κ3) is 4.46. The summed E-state index contributed by atoms with van der Waals surface area (Å²) in [5.41, 5.74) is 1.79. The van der Waals surface area contributed by atoms with Crippen molar-refractivity contribution in [1.29, 1.82) is 0 Å². The van der Waals surface area contributed by atoms with Crippen LogP contribution in [0.1, 0.15) is 17.3 Å². The van der Waals surface area contributed by atoms with E-state index in [9.17, 15) is 13.2 Å². The van der Waals surface area contributed by atoms with Gasteiger partial charge in [0, 0.05) is 12.1 Å². The number of nitrogens with zero attached hydrogens (tertiary/aromatic N) is 3. The van der Waals surface area contributed by atoms with Crippen LogP contribution in [-0.4, -0.2) is 25.4 Å². The minimum atomic E-state index is -3.77. The van der Waals surface area contributed by atoms with Gasteiger partial charge in [-0.3, -0.25) is 9.10 Å². The molecule has 0 saturated heterocycles. The zero-order valence-electron chi connectivity index (χ0n) is 17.9. The first-order valence-corrected chi connectivity index (χ1v) is 12.5. The van der Waals surface area contributed by atoms with Crippen LogP contribution in [0.4, 0.5) is 5.69 Å². The predicted octanol–water partition coefficient (Wildman–Crippen LogP) is 4.29.